The fourth-order valence-corrected chi connectivity index (χ4v) is 5.48. The van der Waals surface area contributed by atoms with Crippen molar-refractivity contribution in [2.45, 2.75) is 40.5 Å². The Kier molecular flexibility index (Phi) is 12.4. The Labute approximate surface area is 255 Å². The second-order valence-electron chi connectivity index (χ2n) is 11.9. The molecular weight excluding hydrogens is 559 g/mol. The predicted molar refractivity (Wildman–Crippen MR) is 170 cm³/mol. The van der Waals surface area contributed by atoms with Crippen LogP contribution in [-0.4, -0.2) is 79.6 Å². The number of halogens is 2. The molecule has 1 atom stereocenters. The Hall–Kier alpha value is -2.74. The lowest BCUT2D eigenvalue weighted by Crippen LogP contribution is -2.51. The van der Waals surface area contributed by atoms with Crippen LogP contribution in [-0.2, 0) is 4.79 Å². The lowest BCUT2D eigenvalue weighted by atomic mass is 9.84. The summed E-state index contributed by atoms with van der Waals surface area (Å²) >= 11 is 12.1. The first-order valence-corrected chi connectivity index (χ1v) is 15.0. The van der Waals surface area contributed by atoms with Gasteiger partial charge >= 0.3 is 6.03 Å². The van der Waals surface area contributed by atoms with Gasteiger partial charge in [-0.2, -0.15) is 0 Å². The second kappa shape index (κ2) is 15.5. The molecule has 0 saturated carbocycles. The Morgan fingerprint density at radius 1 is 1.07 bits per heavy atom. The van der Waals surface area contributed by atoms with E-state index in [1.165, 1.54) is 0 Å². The van der Waals surface area contributed by atoms with Crippen molar-refractivity contribution in [1.29, 1.82) is 0 Å². The Morgan fingerprint density at radius 3 is 2.44 bits per heavy atom. The number of para-hydroxylation sites is 1. The van der Waals surface area contributed by atoms with Crippen LogP contribution in [0.3, 0.4) is 0 Å². The first kappa shape index (κ1) is 32.8. The van der Waals surface area contributed by atoms with Crippen molar-refractivity contribution in [2.75, 3.05) is 58.2 Å². The van der Waals surface area contributed by atoms with Gasteiger partial charge in [-0.3, -0.25) is 9.69 Å². The van der Waals surface area contributed by atoms with Gasteiger partial charge in [-0.15, -0.1) is 0 Å². The number of amides is 3. The number of carbonyl (C=O) groups is 2. The Morgan fingerprint density at radius 2 is 1.78 bits per heavy atom. The molecule has 1 saturated heterocycles. The number of hydrogen-bond donors (Lipinski definition) is 1. The maximum atomic E-state index is 13.4. The van der Waals surface area contributed by atoms with Crippen LogP contribution in [0.15, 0.2) is 48.5 Å². The zero-order valence-electron chi connectivity index (χ0n) is 25.0. The van der Waals surface area contributed by atoms with Crippen molar-refractivity contribution in [2.24, 2.45) is 11.3 Å². The van der Waals surface area contributed by atoms with E-state index in [0.29, 0.717) is 54.3 Å². The fourth-order valence-electron chi connectivity index (χ4n) is 5.19. The molecule has 1 fully saturated rings. The molecular formula is C32H44Cl2N4O3. The molecule has 0 aromatic heterocycles. The number of piperazine rings is 1. The molecule has 0 spiro atoms. The first-order chi connectivity index (χ1) is 19.4. The van der Waals surface area contributed by atoms with Crippen molar-refractivity contribution in [3.63, 3.8) is 0 Å². The van der Waals surface area contributed by atoms with E-state index in [1.807, 2.05) is 41.3 Å². The van der Waals surface area contributed by atoms with Gasteiger partial charge in [-0.25, -0.2) is 4.79 Å². The van der Waals surface area contributed by atoms with Crippen LogP contribution in [0.5, 0.6) is 5.75 Å². The van der Waals surface area contributed by atoms with E-state index in [4.69, 9.17) is 27.9 Å². The standard InChI is InChI=1S/C32H44Cl2N4O3/c1-24(23-32(2,3)4)21-30(39)37(14-8-10-25-9-6-7-11-29(25)41-5)18-15-36-16-19-38(20-17-36)31(40)35-26-12-13-27(33)28(34)22-26/h6-13,22,24H,14-21,23H2,1-5H3,(H,35,40). The molecule has 1 heterocycles. The zero-order chi connectivity index (χ0) is 30.0. The van der Waals surface area contributed by atoms with Gasteiger partial charge in [0.1, 0.15) is 5.75 Å². The number of urea groups is 1. The topological polar surface area (TPSA) is 65.1 Å². The maximum Gasteiger partial charge on any atom is 0.321 e. The summed E-state index contributed by atoms with van der Waals surface area (Å²) in [6.07, 6.45) is 5.58. The summed E-state index contributed by atoms with van der Waals surface area (Å²) in [5.74, 6) is 1.29. The van der Waals surface area contributed by atoms with E-state index in [0.717, 1.165) is 37.4 Å². The third kappa shape index (κ3) is 10.9. The van der Waals surface area contributed by atoms with Crippen molar-refractivity contribution >= 4 is 46.9 Å². The molecule has 224 valence electrons. The highest BCUT2D eigenvalue weighted by atomic mass is 35.5. The molecule has 0 radical (unpaired) electrons. The number of ether oxygens (including phenoxy) is 1. The van der Waals surface area contributed by atoms with E-state index in [1.54, 1.807) is 30.2 Å². The van der Waals surface area contributed by atoms with Crippen molar-refractivity contribution in [3.05, 3.63) is 64.1 Å². The summed E-state index contributed by atoms with van der Waals surface area (Å²) in [6.45, 7) is 13.4. The van der Waals surface area contributed by atoms with Crippen LogP contribution in [0.1, 0.15) is 46.1 Å². The highest BCUT2D eigenvalue weighted by Gasteiger charge is 2.24. The monoisotopic (exact) mass is 602 g/mol. The Bertz CT molecular complexity index is 1190. The van der Waals surface area contributed by atoms with Gasteiger partial charge in [0.05, 0.1) is 17.2 Å². The molecule has 1 aliphatic rings. The molecule has 41 heavy (non-hydrogen) atoms. The number of hydrogen-bond acceptors (Lipinski definition) is 4. The number of anilines is 1. The van der Waals surface area contributed by atoms with E-state index in [-0.39, 0.29) is 17.4 Å². The highest BCUT2D eigenvalue weighted by molar-refractivity contribution is 6.42. The largest absolute Gasteiger partial charge is 0.496 e. The van der Waals surface area contributed by atoms with Crippen LogP contribution in [0.2, 0.25) is 10.0 Å². The van der Waals surface area contributed by atoms with E-state index < -0.39 is 0 Å². The quantitative estimate of drug-likeness (QED) is 0.296. The number of nitrogens with zero attached hydrogens (tertiary/aromatic N) is 3. The van der Waals surface area contributed by atoms with Gasteiger partial charge in [0.15, 0.2) is 0 Å². The maximum absolute atomic E-state index is 13.4. The number of rotatable bonds is 11. The average molecular weight is 604 g/mol. The molecule has 9 heteroatoms. The molecule has 3 rings (SSSR count). The lowest BCUT2D eigenvalue weighted by molar-refractivity contribution is -0.132. The average Bonchev–Trinajstić information content (AvgIpc) is 2.92. The van der Waals surface area contributed by atoms with Crippen LogP contribution in [0.4, 0.5) is 10.5 Å². The number of methoxy groups -OCH3 is 1. The minimum Gasteiger partial charge on any atom is -0.496 e. The molecule has 0 aliphatic carbocycles. The normalized spacial score (nSPS) is 15.1. The van der Waals surface area contributed by atoms with Gasteiger partial charge in [0, 0.05) is 63.5 Å². The van der Waals surface area contributed by atoms with Crippen molar-refractivity contribution in [1.82, 2.24) is 14.7 Å². The van der Waals surface area contributed by atoms with E-state index >= 15 is 0 Å². The number of benzene rings is 2. The third-order valence-corrected chi connectivity index (χ3v) is 7.85. The smallest absolute Gasteiger partial charge is 0.321 e. The molecule has 1 N–H and O–H groups in total. The van der Waals surface area contributed by atoms with Crippen LogP contribution in [0.25, 0.3) is 6.08 Å². The number of nitrogens with one attached hydrogen (secondary N) is 1. The number of carbonyl (C=O) groups excluding carboxylic acids is 2. The zero-order valence-corrected chi connectivity index (χ0v) is 26.5. The lowest BCUT2D eigenvalue weighted by Gasteiger charge is -2.36. The summed E-state index contributed by atoms with van der Waals surface area (Å²) in [4.78, 5) is 32.2. The van der Waals surface area contributed by atoms with Gasteiger partial charge in [-0.1, -0.05) is 81.2 Å². The fraction of sp³-hybridized carbons (Fsp3) is 0.500. The second-order valence-corrected chi connectivity index (χ2v) is 12.8. The molecule has 2 aromatic carbocycles. The molecule has 1 aliphatic heterocycles. The van der Waals surface area contributed by atoms with Crippen LogP contribution in [0, 0.1) is 11.3 Å². The third-order valence-electron chi connectivity index (χ3n) is 7.12. The molecule has 1 unspecified atom stereocenters. The molecule has 0 bridgehead atoms. The predicted octanol–water partition coefficient (Wildman–Crippen LogP) is 7.16. The van der Waals surface area contributed by atoms with Crippen molar-refractivity contribution < 1.29 is 14.3 Å². The summed E-state index contributed by atoms with van der Waals surface area (Å²) in [5.41, 5.74) is 1.78. The van der Waals surface area contributed by atoms with Crippen LogP contribution < -0.4 is 10.1 Å². The van der Waals surface area contributed by atoms with Gasteiger partial charge < -0.3 is 19.9 Å². The minimum atomic E-state index is -0.158. The summed E-state index contributed by atoms with van der Waals surface area (Å²) in [5, 5.41) is 3.75. The first-order valence-electron chi connectivity index (χ1n) is 14.3. The van der Waals surface area contributed by atoms with Gasteiger partial charge in [0.2, 0.25) is 5.91 Å². The minimum absolute atomic E-state index is 0.158. The van der Waals surface area contributed by atoms with Gasteiger partial charge in [0.25, 0.3) is 0 Å². The van der Waals surface area contributed by atoms with Gasteiger partial charge in [-0.05, 0) is 42.0 Å². The highest BCUT2D eigenvalue weighted by Crippen LogP contribution is 2.27. The summed E-state index contributed by atoms with van der Waals surface area (Å²) in [6, 6.07) is 12.7. The van der Waals surface area contributed by atoms with Crippen LogP contribution >= 0.6 is 23.2 Å². The SMILES string of the molecule is COc1ccccc1C=CCN(CCN1CCN(C(=O)Nc2ccc(Cl)c(Cl)c2)CC1)C(=O)CC(C)CC(C)(C)C. The summed E-state index contributed by atoms with van der Waals surface area (Å²) < 4.78 is 5.46. The van der Waals surface area contributed by atoms with E-state index in [2.05, 4.69) is 37.9 Å². The van der Waals surface area contributed by atoms with E-state index in [9.17, 15) is 9.59 Å². The van der Waals surface area contributed by atoms with Crippen molar-refractivity contribution in [3.8, 4) is 5.75 Å². The Balaban J connectivity index is 1.56. The molecule has 7 nitrogen and oxygen atoms in total. The summed E-state index contributed by atoms with van der Waals surface area (Å²) in [7, 11) is 1.66. The molecule has 2 aromatic rings. The molecule has 3 amide bonds.